The van der Waals surface area contributed by atoms with E-state index < -0.39 is 84.2 Å². The minimum Gasteiger partial charge on any atom is -0.481 e. The Balaban J connectivity index is 5.76. The van der Waals surface area contributed by atoms with Crippen molar-refractivity contribution in [3.05, 3.63) is 0 Å². The molecule has 210 valence electrons. The first-order valence-electron chi connectivity index (χ1n) is 11.4. The maximum Gasteiger partial charge on any atom is 0.305 e. The summed E-state index contributed by atoms with van der Waals surface area (Å²) in [5.41, 5.74) is 0. The monoisotopic (exact) mass is 566 g/mol. The van der Waals surface area contributed by atoms with Gasteiger partial charge in [0.2, 0.25) is 23.6 Å². The van der Waals surface area contributed by atoms with Gasteiger partial charge in [-0.1, -0.05) is 13.8 Å². The van der Waals surface area contributed by atoms with Crippen LogP contribution < -0.4 is 21.3 Å². The molecule has 13 nitrogen and oxygen atoms in total. The van der Waals surface area contributed by atoms with Crippen LogP contribution >= 0.6 is 23.4 Å². The Bertz CT molecular complexity index is 840. The molecule has 0 aliphatic heterocycles. The number of ketones is 1. The summed E-state index contributed by atoms with van der Waals surface area (Å²) in [6, 6.07) is -5.17. The zero-order valence-corrected chi connectivity index (χ0v) is 22.7. The van der Waals surface area contributed by atoms with Crippen LogP contribution in [0.15, 0.2) is 0 Å². The van der Waals surface area contributed by atoms with Gasteiger partial charge in [-0.3, -0.25) is 33.6 Å². The number of amides is 4. The van der Waals surface area contributed by atoms with Crippen LogP contribution in [0.3, 0.4) is 0 Å². The van der Waals surface area contributed by atoms with E-state index in [1.54, 1.807) is 20.1 Å². The molecule has 0 fully saturated rings. The number of hydrogen-bond acceptors (Lipinski definition) is 8. The van der Waals surface area contributed by atoms with Gasteiger partial charge in [-0.05, 0) is 30.8 Å². The molecule has 0 aliphatic rings. The van der Waals surface area contributed by atoms with Gasteiger partial charge >= 0.3 is 11.9 Å². The number of carbonyl (C=O) groups excluding carboxylic acids is 5. The summed E-state index contributed by atoms with van der Waals surface area (Å²) in [5, 5.41) is 27.6. The number of aliphatic carboxylic acids is 2. The molecular formula is C22H35ClN4O9S. The molecule has 0 aromatic carbocycles. The topological polar surface area (TPSA) is 208 Å². The standard InChI is InChI=1S/C22H35ClN4O9S/c1-11(2)7-15(21(35)26-14(8-18(30)31)17(29)10-23)27-20(34)13(5-6-37-4)25-22(36)16(9-19(32)33)24-12(3)28/h11,13-16H,5-10H2,1-4H3,(H,24,28)(H,25,36)(H,26,35)(H,27,34)(H,30,31)(H,32,33)/t13-,14-,15-,16-/m0/s1. The fourth-order valence-corrected chi connectivity index (χ4v) is 3.82. The number of alkyl halides is 1. The van der Waals surface area contributed by atoms with Gasteiger partial charge in [-0.25, -0.2) is 0 Å². The van der Waals surface area contributed by atoms with E-state index in [1.165, 1.54) is 11.8 Å². The number of hydrogen-bond donors (Lipinski definition) is 6. The van der Waals surface area contributed by atoms with Crippen LogP contribution in [-0.2, 0) is 33.6 Å². The third kappa shape index (κ3) is 14.5. The van der Waals surface area contributed by atoms with Crippen molar-refractivity contribution in [1.29, 1.82) is 0 Å². The van der Waals surface area contributed by atoms with Crippen molar-refractivity contribution in [3.63, 3.8) is 0 Å². The molecule has 4 atom stereocenters. The molecule has 0 rings (SSSR count). The van der Waals surface area contributed by atoms with Crippen molar-refractivity contribution < 1.29 is 43.8 Å². The molecular weight excluding hydrogens is 532 g/mol. The van der Waals surface area contributed by atoms with Crippen LogP contribution in [0.2, 0.25) is 0 Å². The Kier molecular flexibility index (Phi) is 16.2. The second kappa shape index (κ2) is 17.6. The van der Waals surface area contributed by atoms with Crippen molar-refractivity contribution in [2.24, 2.45) is 5.92 Å². The third-order valence-electron chi connectivity index (χ3n) is 4.87. The Morgan fingerprint density at radius 2 is 1.22 bits per heavy atom. The van der Waals surface area contributed by atoms with E-state index >= 15 is 0 Å². The molecule has 37 heavy (non-hydrogen) atoms. The minimum atomic E-state index is -1.42. The molecule has 0 saturated heterocycles. The van der Waals surface area contributed by atoms with E-state index in [-0.39, 0.29) is 18.8 Å². The first-order valence-corrected chi connectivity index (χ1v) is 13.3. The number of thioether (sulfide) groups is 1. The lowest BCUT2D eigenvalue weighted by molar-refractivity contribution is -0.141. The number of carboxylic acids is 2. The fraction of sp³-hybridized carbons (Fsp3) is 0.682. The highest BCUT2D eigenvalue weighted by molar-refractivity contribution is 7.98. The second-order valence-electron chi connectivity index (χ2n) is 8.64. The minimum absolute atomic E-state index is 0.100. The molecule has 0 unspecified atom stereocenters. The van der Waals surface area contributed by atoms with E-state index in [4.69, 9.17) is 21.8 Å². The highest BCUT2D eigenvalue weighted by Gasteiger charge is 2.32. The molecule has 0 radical (unpaired) electrons. The van der Waals surface area contributed by atoms with Gasteiger partial charge in [0.1, 0.15) is 18.1 Å². The van der Waals surface area contributed by atoms with E-state index in [0.29, 0.717) is 5.75 Å². The van der Waals surface area contributed by atoms with E-state index in [9.17, 15) is 33.6 Å². The summed E-state index contributed by atoms with van der Waals surface area (Å²) >= 11 is 6.90. The van der Waals surface area contributed by atoms with E-state index in [1.807, 2.05) is 0 Å². The molecule has 0 aromatic heterocycles. The average Bonchev–Trinajstić information content (AvgIpc) is 2.78. The molecule has 6 N–H and O–H groups in total. The largest absolute Gasteiger partial charge is 0.481 e. The fourth-order valence-electron chi connectivity index (χ4n) is 3.17. The highest BCUT2D eigenvalue weighted by atomic mass is 35.5. The molecule has 0 bridgehead atoms. The third-order valence-corrected chi connectivity index (χ3v) is 5.78. The van der Waals surface area contributed by atoms with Crippen molar-refractivity contribution in [2.45, 2.75) is 70.6 Å². The molecule has 0 aliphatic carbocycles. The number of rotatable bonds is 18. The van der Waals surface area contributed by atoms with Crippen LogP contribution in [0.4, 0.5) is 0 Å². The van der Waals surface area contributed by atoms with Gasteiger partial charge in [-0.15, -0.1) is 11.6 Å². The summed E-state index contributed by atoms with van der Waals surface area (Å²) in [6.07, 6.45) is 0.622. The van der Waals surface area contributed by atoms with Crippen molar-refractivity contribution >= 4 is 64.7 Å². The number of Topliss-reactive ketones (excluding diaryl/α,β-unsaturated/α-hetero) is 1. The Hall–Kier alpha value is -2.87. The molecule has 0 spiro atoms. The summed E-state index contributed by atoms with van der Waals surface area (Å²) in [5.74, 6) is -6.65. The normalized spacial score (nSPS) is 14.0. The first kappa shape index (κ1) is 34.1. The van der Waals surface area contributed by atoms with Gasteiger partial charge in [0, 0.05) is 6.92 Å². The maximum atomic E-state index is 13.1. The van der Waals surface area contributed by atoms with Crippen molar-refractivity contribution in [3.8, 4) is 0 Å². The van der Waals surface area contributed by atoms with Crippen LogP contribution in [0.1, 0.15) is 46.5 Å². The highest BCUT2D eigenvalue weighted by Crippen LogP contribution is 2.09. The number of carboxylic acid groups (broad SMARTS) is 2. The maximum absolute atomic E-state index is 13.1. The van der Waals surface area contributed by atoms with Gasteiger partial charge in [0.15, 0.2) is 5.78 Å². The Morgan fingerprint density at radius 1 is 0.757 bits per heavy atom. The van der Waals surface area contributed by atoms with Crippen LogP contribution in [0.25, 0.3) is 0 Å². The molecule has 0 saturated carbocycles. The first-order chi connectivity index (χ1) is 17.2. The van der Waals surface area contributed by atoms with Crippen LogP contribution in [0, 0.1) is 5.92 Å². The lowest BCUT2D eigenvalue weighted by atomic mass is 10.0. The molecule has 15 heteroatoms. The summed E-state index contributed by atoms with van der Waals surface area (Å²) < 4.78 is 0. The Morgan fingerprint density at radius 3 is 1.68 bits per heavy atom. The van der Waals surface area contributed by atoms with Crippen LogP contribution in [-0.4, -0.2) is 93.6 Å². The zero-order valence-electron chi connectivity index (χ0n) is 21.2. The zero-order chi connectivity index (χ0) is 28.7. The molecule has 4 amide bonds. The van der Waals surface area contributed by atoms with E-state index in [0.717, 1.165) is 6.92 Å². The van der Waals surface area contributed by atoms with Gasteiger partial charge in [-0.2, -0.15) is 11.8 Å². The van der Waals surface area contributed by atoms with Crippen molar-refractivity contribution in [2.75, 3.05) is 17.9 Å². The number of halogens is 1. The summed E-state index contributed by atoms with van der Waals surface area (Å²) in [7, 11) is 0. The quantitative estimate of drug-likeness (QED) is 0.117. The summed E-state index contributed by atoms with van der Waals surface area (Å²) in [4.78, 5) is 84.3. The van der Waals surface area contributed by atoms with Gasteiger partial charge in [0.25, 0.3) is 0 Å². The lowest BCUT2D eigenvalue weighted by Gasteiger charge is -2.26. The Labute approximate surface area is 224 Å². The number of carbonyl (C=O) groups is 7. The molecule has 0 aromatic rings. The predicted octanol–water partition coefficient (Wildman–Crippen LogP) is -0.498. The van der Waals surface area contributed by atoms with Crippen LogP contribution in [0.5, 0.6) is 0 Å². The number of nitrogens with one attached hydrogen (secondary N) is 4. The lowest BCUT2D eigenvalue weighted by Crippen LogP contribution is -2.58. The molecule has 0 heterocycles. The van der Waals surface area contributed by atoms with Gasteiger partial charge in [0.05, 0.1) is 24.8 Å². The predicted molar refractivity (Wildman–Crippen MR) is 136 cm³/mol. The van der Waals surface area contributed by atoms with Crippen molar-refractivity contribution in [1.82, 2.24) is 21.3 Å². The van der Waals surface area contributed by atoms with Gasteiger partial charge < -0.3 is 31.5 Å². The second-order valence-corrected chi connectivity index (χ2v) is 9.90. The smallest absolute Gasteiger partial charge is 0.305 e. The average molecular weight is 567 g/mol. The summed E-state index contributed by atoms with van der Waals surface area (Å²) in [6.45, 7) is 4.67. The van der Waals surface area contributed by atoms with E-state index in [2.05, 4.69) is 21.3 Å². The SMILES string of the molecule is CSCC[C@H](NC(=O)[C@H](CC(=O)O)NC(C)=O)C(=O)N[C@@H](CC(C)C)C(=O)N[C@@H](CC(=O)O)C(=O)CCl.